The summed E-state index contributed by atoms with van der Waals surface area (Å²) in [6.45, 7) is 1.65. The first-order valence-electron chi connectivity index (χ1n) is 5.41. The zero-order valence-corrected chi connectivity index (χ0v) is 9.37. The molecule has 0 unspecified atom stereocenters. The van der Waals surface area contributed by atoms with Crippen LogP contribution in [0.2, 0.25) is 0 Å². The summed E-state index contributed by atoms with van der Waals surface area (Å²) in [4.78, 5) is 0. The van der Waals surface area contributed by atoms with E-state index in [0.29, 0.717) is 11.1 Å². The first kappa shape index (κ1) is 12.4. The molecule has 0 spiro atoms. The van der Waals surface area contributed by atoms with Crippen molar-refractivity contribution in [2.45, 2.75) is 38.0 Å². The maximum Gasteiger partial charge on any atom is 0.406 e. The molecule has 1 aliphatic rings. The predicted molar refractivity (Wildman–Crippen MR) is 56.0 cm³/mol. The fourth-order valence-corrected chi connectivity index (χ4v) is 1.70. The second kappa shape index (κ2) is 3.98. The van der Waals surface area contributed by atoms with Crippen molar-refractivity contribution in [1.82, 2.24) is 5.32 Å². The summed E-state index contributed by atoms with van der Waals surface area (Å²) < 4.78 is 51.0. The summed E-state index contributed by atoms with van der Waals surface area (Å²) in [5.74, 6) is -0.388. The van der Waals surface area contributed by atoms with Gasteiger partial charge in [-0.3, -0.25) is 5.32 Å². The first-order valence-corrected chi connectivity index (χ1v) is 5.41. The molecule has 1 aromatic rings. The molecule has 0 saturated heterocycles. The highest BCUT2D eigenvalue weighted by atomic mass is 19.4. The Morgan fingerprint density at radius 1 is 1.29 bits per heavy atom. The Morgan fingerprint density at radius 3 is 2.41 bits per heavy atom. The normalized spacial score (nSPS) is 18.2. The Morgan fingerprint density at radius 2 is 1.94 bits per heavy atom. The van der Waals surface area contributed by atoms with Crippen molar-refractivity contribution < 1.29 is 17.6 Å². The van der Waals surface area contributed by atoms with Gasteiger partial charge in [-0.05, 0) is 37.0 Å². The molecule has 5 heteroatoms. The van der Waals surface area contributed by atoms with Crippen LogP contribution >= 0.6 is 0 Å². The van der Waals surface area contributed by atoms with Gasteiger partial charge in [-0.2, -0.15) is 13.2 Å². The minimum atomic E-state index is -4.23. The van der Waals surface area contributed by atoms with Crippen molar-refractivity contribution in [1.29, 1.82) is 0 Å². The predicted octanol–water partition coefficient (Wildman–Crippen LogP) is 3.32. The molecule has 0 heterocycles. The number of hydrogen-bond donors (Lipinski definition) is 1. The third kappa shape index (κ3) is 2.44. The van der Waals surface area contributed by atoms with Gasteiger partial charge in [-0.15, -0.1) is 0 Å². The fourth-order valence-electron chi connectivity index (χ4n) is 1.70. The minimum Gasteiger partial charge on any atom is -0.299 e. The molecular weight excluding hydrogens is 234 g/mol. The van der Waals surface area contributed by atoms with Crippen molar-refractivity contribution in [2.24, 2.45) is 0 Å². The van der Waals surface area contributed by atoms with Gasteiger partial charge in [0, 0.05) is 6.54 Å². The molecule has 0 aliphatic heterocycles. The van der Waals surface area contributed by atoms with Gasteiger partial charge >= 0.3 is 6.18 Å². The lowest BCUT2D eigenvalue weighted by Gasteiger charge is -2.20. The zero-order valence-electron chi connectivity index (χ0n) is 9.37. The van der Waals surface area contributed by atoms with Gasteiger partial charge in [-0.25, -0.2) is 4.39 Å². The van der Waals surface area contributed by atoms with Crippen molar-refractivity contribution in [3.8, 4) is 0 Å². The van der Waals surface area contributed by atoms with E-state index in [1.807, 2.05) is 0 Å². The second-order valence-electron chi connectivity index (χ2n) is 4.52. The van der Waals surface area contributed by atoms with E-state index >= 15 is 0 Å². The summed E-state index contributed by atoms with van der Waals surface area (Å²) in [5, 5.41) is 2.48. The monoisotopic (exact) mass is 247 g/mol. The molecule has 1 saturated carbocycles. The van der Waals surface area contributed by atoms with Crippen LogP contribution in [0, 0.1) is 12.7 Å². The van der Waals surface area contributed by atoms with Crippen LogP contribution < -0.4 is 5.32 Å². The maximum absolute atomic E-state index is 13.2. The molecule has 1 fully saturated rings. The third-order valence-electron chi connectivity index (χ3n) is 3.16. The largest absolute Gasteiger partial charge is 0.406 e. The van der Waals surface area contributed by atoms with E-state index in [2.05, 4.69) is 5.32 Å². The Bertz CT molecular complexity index is 421. The third-order valence-corrected chi connectivity index (χ3v) is 3.16. The van der Waals surface area contributed by atoms with Crippen LogP contribution in [0.3, 0.4) is 0 Å². The highest BCUT2D eigenvalue weighted by molar-refractivity contribution is 5.24. The van der Waals surface area contributed by atoms with Gasteiger partial charge in [0.25, 0.3) is 0 Å². The lowest BCUT2D eigenvalue weighted by Crippen LogP contribution is -2.44. The van der Waals surface area contributed by atoms with E-state index in [1.165, 1.54) is 6.07 Å². The molecule has 1 aromatic carbocycles. The Kier molecular flexibility index (Phi) is 2.89. The van der Waals surface area contributed by atoms with Crippen LogP contribution in [-0.2, 0) is 6.54 Å². The average molecular weight is 247 g/mol. The van der Waals surface area contributed by atoms with E-state index in [4.69, 9.17) is 0 Å². The molecule has 0 radical (unpaired) electrons. The van der Waals surface area contributed by atoms with Crippen LogP contribution in [0.4, 0.5) is 17.6 Å². The van der Waals surface area contributed by atoms with E-state index < -0.39 is 11.7 Å². The maximum atomic E-state index is 13.2. The molecule has 0 aromatic heterocycles. The second-order valence-corrected chi connectivity index (χ2v) is 4.52. The van der Waals surface area contributed by atoms with Crippen molar-refractivity contribution in [3.63, 3.8) is 0 Å². The molecule has 17 heavy (non-hydrogen) atoms. The average Bonchev–Trinajstić information content (AvgIpc) is 3.00. The smallest absolute Gasteiger partial charge is 0.299 e. The van der Waals surface area contributed by atoms with E-state index in [9.17, 15) is 17.6 Å². The highest BCUT2D eigenvalue weighted by Crippen LogP contribution is 2.49. The van der Waals surface area contributed by atoms with Gasteiger partial charge in [0.05, 0.1) is 0 Å². The number of hydrogen-bond acceptors (Lipinski definition) is 1. The SMILES string of the molecule is Cc1ccc(CNC2(C(F)(F)F)CC2)cc1F. The molecule has 1 aliphatic carbocycles. The van der Waals surface area contributed by atoms with Crippen LogP contribution in [0.1, 0.15) is 24.0 Å². The molecular formula is C12H13F4N. The van der Waals surface area contributed by atoms with Crippen LogP contribution in [0.25, 0.3) is 0 Å². The van der Waals surface area contributed by atoms with Gasteiger partial charge in [0.1, 0.15) is 11.4 Å². The molecule has 0 atom stereocenters. The van der Waals surface area contributed by atoms with E-state index in [-0.39, 0.29) is 25.2 Å². The van der Waals surface area contributed by atoms with Crippen molar-refractivity contribution >= 4 is 0 Å². The standard InChI is InChI=1S/C12H13F4N/c1-8-2-3-9(6-10(8)13)7-17-11(4-5-11)12(14,15)16/h2-3,6,17H,4-5,7H2,1H3. The summed E-state index contributed by atoms with van der Waals surface area (Å²) >= 11 is 0. The van der Waals surface area contributed by atoms with Gasteiger partial charge in [0.15, 0.2) is 0 Å². The van der Waals surface area contributed by atoms with Crippen LogP contribution in [0.5, 0.6) is 0 Å². The lowest BCUT2D eigenvalue weighted by molar-refractivity contribution is -0.166. The van der Waals surface area contributed by atoms with Crippen LogP contribution in [0.15, 0.2) is 18.2 Å². The van der Waals surface area contributed by atoms with E-state index in [1.54, 1.807) is 19.1 Å². The minimum absolute atomic E-state index is 0.0384. The number of aryl methyl sites for hydroxylation is 1. The number of benzene rings is 1. The number of rotatable bonds is 3. The van der Waals surface area contributed by atoms with Crippen molar-refractivity contribution in [3.05, 3.63) is 35.1 Å². The van der Waals surface area contributed by atoms with Crippen LogP contribution in [-0.4, -0.2) is 11.7 Å². The zero-order chi connectivity index (χ0) is 12.7. The Labute approximate surface area is 96.8 Å². The fraction of sp³-hybridized carbons (Fsp3) is 0.500. The molecule has 1 nitrogen and oxygen atoms in total. The molecule has 0 bridgehead atoms. The first-order chi connectivity index (χ1) is 7.84. The van der Waals surface area contributed by atoms with Crippen molar-refractivity contribution in [2.75, 3.05) is 0 Å². The van der Waals surface area contributed by atoms with Gasteiger partial charge in [0.2, 0.25) is 0 Å². The number of alkyl halides is 3. The molecule has 2 rings (SSSR count). The molecule has 1 N–H and O–H groups in total. The van der Waals surface area contributed by atoms with Gasteiger partial charge < -0.3 is 0 Å². The topological polar surface area (TPSA) is 12.0 Å². The van der Waals surface area contributed by atoms with E-state index in [0.717, 1.165) is 0 Å². The number of halogens is 4. The number of nitrogens with one attached hydrogen (secondary N) is 1. The summed E-state index contributed by atoms with van der Waals surface area (Å²) in [5.41, 5.74) is -0.719. The molecule has 0 amide bonds. The summed E-state index contributed by atoms with van der Waals surface area (Å²) in [6.07, 6.45) is -4.02. The summed E-state index contributed by atoms with van der Waals surface area (Å²) in [6, 6.07) is 4.48. The van der Waals surface area contributed by atoms with Gasteiger partial charge in [-0.1, -0.05) is 12.1 Å². The summed E-state index contributed by atoms with van der Waals surface area (Å²) in [7, 11) is 0. The quantitative estimate of drug-likeness (QED) is 0.808. The Hall–Kier alpha value is -1.10. The molecule has 94 valence electrons. The Balaban J connectivity index is 2.01. The highest BCUT2D eigenvalue weighted by Gasteiger charge is 2.62. The lowest BCUT2D eigenvalue weighted by atomic mass is 10.1.